The molecule has 0 aliphatic heterocycles. The fraction of sp³-hybridized carbons (Fsp3) is 0.389. The Bertz CT molecular complexity index is 821. The monoisotopic (exact) mass is 429 g/mol. The minimum Gasteiger partial charge on any atom is -0.369 e. The van der Waals surface area contributed by atoms with Gasteiger partial charge in [-0.2, -0.15) is 23.1 Å². The summed E-state index contributed by atoms with van der Waals surface area (Å²) >= 11 is 5.81. The molecule has 0 aliphatic carbocycles. The molecule has 1 heterocycles. The molecule has 0 fully saturated rings. The Hall–Kier alpha value is -2.59. The number of benzene rings is 1. The van der Waals surface area contributed by atoms with Gasteiger partial charge in [0, 0.05) is 29.9 Å². The van der Waals surface area contributed by atoms with Gasteiger partial charge in [0.25, 0.3) is 5.95 Å². The van der Waals surface area contributed by atoms with Crippen molar-refractivity contribution < 1.29 is 13.2 Å². The van der Waals surface area contributed by atoms with Crippen LogP contribution < -0.4 is 16.4 Å². The van der Waals surface area contributed by atoms with Crippen LogP contribution in [0.3, 0.4) is 0 Å². The number of halogens is 4. The maximum Gasteiger partial charge on any atom is 0.433 e. The lowest BCUT2D eigenvalue weighted by atomic mass is 10.3. The molecule has 0 unspecified atom stereocenters. The van der Waals surface area contributed by atoms with Gasteiger partial charge in [-0.15, -0.1) is 0 Å². The number of rotatable bonds is 8. The lowest BCUT2D eigenvalue weighted by Crippen LogP contribution is -2.28. The maximum atomic E-state index is 13.2. The van der Waals surface area contributed by atoms with E-state index in [1.807, 2.05) is 13.8 Å². The van der Waals surface area contributed by atoms with Crippen molar-refractivity contribution in [2.45, 2.75) is 20.0 Å². The molecular formula is C18H23ClF3N7. The van der Waals surface area contributed by atoms with Gasteiger partial charge in [0.05, 0.1) is 0 Å². The number of anilines is 2. The number of nitrogens with two attached hydrogens (primary N) is 1. The van der Waals surface area contributed by atoms with Gasteiger partial charge in [0.2, 0.25) is 5.96 Å². The molecule has 0 spiro atoms. The molecule has 2 rings (SSSR count). The third kappa shape index (κ3) is 7.39. The van der Waals surface area contributed by atoms with Crippen LogP contribution in [0.25, 0.3) is 0 Å². The number of nitrogens with zero attached hydrogens (tertiary/aromatic N) is 4. The van der Waals surface area contributed by atoms with E-state index >= 15 is 0 Å². The summed E-state index contributed by atoms with van der Waals surface area (Å²) in [7, 11) is 0. The molecule has 0 saturated heterocycles. The molecular weight excluding hydrogens is 407 g/mol. The van der Waals surface area contributed by atoms with Gasteiger partial charge in [0.1, 0.15) is 5.82 Å². The summed E-state index contributed by atoms with van der Waals surface area (Å²) in [5.74, 6) is -0.526. The van der Waals surface area contributed by atoms with E-state index in [1.165, 1.54) is 0 Å². The average Bonchev–Trinajstić information content (AvgIpc) is 2.66. The molecule has 0 radical (unpaired) electrons. The number of likely N-dealkylation sites (N-methyl/N-ethyl adjacent to an activating group) is 1. The molecule has 0 amide bonds. The van der Waals surface area contributed by atoms with Gasteiger partial charge in [-0.3, -0.25) is 0 Å². The number of guanidine groups is 1. The molecule has 2 aromatic rings. The van der Waals surface area contributed by atoms with Crippen molar-refractivity contribution in [3.05, 3.63) is 41.0 Å². The Kier molecular flexibility index (Phi) is 8.03. The normalized spacial score (nSPS) is 12.3. The first kappa shape index (κ1) is 22.7. The molecule has 0 saturated carbocycles. The van der Waals surface area contributed by atoms with Crippen molar-refractivity contribution in [1.29, 1.82) is 0 Å². The largest absolute Gasteiger partial charge is 0.433 e. The average molecular weight is 430 g/mol. The van der Waals surface area contributed by atoms with Crippen LogP contribution in [0, 0.1) is 0 Å². The molecule has 0 atom stereocenters. The van der Waals surface area contributed by atoms with Crippen molar-refractivity contribution >= 4 is 35.0 Å². The van der Waals surface area contributed by atoms with E-state index in [-0.39, 0.29) is 11.8 Å². The lowest BCUT2D eigenvalue weighted by Gasteiger charge is -2.18. The molecule has 11 heteroatoms. The Labute approximate surface area is 172 Å². The van der Waals surface area contributed by atoms with E-state index in [9.17, 15) is 13.2 Å². The summed E-state index contributed by atoms with van der Waals surface area (Å²) in [6, 6.07) is 7.42. The Morgan fingerprint density at radius 2 is 1.83 bits per heavy atom. The van der Waals surface area contributed by atoms with E-state index in [4.69, 9.17) is 17.3 Å². The second-order valence-corrected chi connectivity index (χ2v) is 6.46. The number of nitrogens with one attached hydrogen (secondary N) is 2. The second kappa shape index (κ2) is 10.3. The molecule has 4 N–H and O–H groups in total. The summed E-state index contributed by atoms with van der Waals surface area (Å²) in [6.45, 7) is 6.81. The van der Waals surface area contributed by atoms with Gasteiger partial charge in [-0.1, -0.05) is 25.4 Å². The van der Waals surface area contributed by atoms with Crippen LogP contribution in [-0.2, 0) is 6.18 Å². The van der Waals surface area contributed by atoms with E-state index < -0.39 is 17.8 Å². The standard InChI is InChI=1S/C18H23ClF3N7/c1-3-29(4-2)10-9-24-15-11-14(18(20,21)22)26-17(27-15)28-16(23)25-13-7-5-12(19)6-8-13/h5-8,11H,3-4,9-10H2,1-2H3,(H4,23,24,25,26,27,28). The summed E-state index contributed by atoms with van der Waals surface area (Å²) in [5.41, 5.74) is 5.25. The molecule has 158 valence electrons. The van der Waals surface area contributed by atoms with E-state index in [1.54, 1.807) is 24.3 Å². The van der Waals surface area contributed by atoms with Crippen LogP contribution in [0.2, 0.25) is 5.02 Å². The zero-order valence-electron chi connectivity index (χ0n) is 16.1. The molecule has 29 heavy (non-hydrogen) atoms. The first-order valence-corrected chi connectivity index (χ1v) is 9.38. The van der Waals surface area contributed by atoms with Gasteiger partial charge < -0.3 is 21.3 Å². The van der Waals surface area contributed by atoms with Crippen LogP contribution >= 0.6 is 11.6 Å². The van der Waals surface area contributed by atoms with Crippen LogP contribution in [-0.4, -0.2) is 47.0 Å². The minimum absolute atomic E-state index is 0.0255. The van der Waals surface area contributed by atoms with Crippen molar-refractivity contribution in [3.63, 3.8) is 0 Å². The highest BCUT2D eigenvalue weighted by molar-refractivity contribution is 6.30. The smallest absolute Gasteiger partial charge is 0.369 e. The first-order chi connectivity index (χ1) is 13.7. The summed E-state index contributed by atoms with van der Waals surface area (Å²) in [6.07, 6.45) is -4.64. The summed E-state index contributed by atoms with van der Waals surface area (Å²) in [5, 5.41) is 6.17. The van der Waals surface area contributed by atoms with Crippen LogP contribution in [0.5, 0.6) is 0 Å². The highest BCUT2D eigenvalue weighted by Gasteiger charge is 2.33. The zero-order chi connectivity index (χ0) is 21.4. The maximum absolute atomic E-state index is 13.2. The van der Waals surface area contributed by atoms with Gasteiger partial charge >= 0.3 is 6.18 Å². The quantitative estimate of drug-likeness (QED) is 0.434. The molecule has 7 nitrogen and oxygen atoms in total. The lowest BCUT2D eigenvalue weighted by molar-refractivity contribution is -0.141. The van der Waals surface area contributed by atoms with E-state index in [0.717, 1.165) is 19.2 Å². The number of aliphatic imine (C=N–C) groups is 1. The van der Waals surface area contributed by atoms with Crippen molar-refractivity contribution in [1.82, 2.24) is 14.9 Å². The van der Waals surface area contributed by atoms with Crippen molar-refractivity contribution in [2.75, 3.05) is 36.8 Å². The fourth-order valence-electron chi connectivity index (χ4n) is 2.42. The van der Waals surface area contributed by atoms with Gasteiger partial charge in [0.15, 0.2) is 5.69 Å². The predicted octanol–water partition coefficient (Wildman–Crippen LogP) is 3.96. The summed E-state index contributed by atoms with van der Waals surface area (Å²) in [4.78, 5) is 13.5. The van der Waals surface area contributed by atoms with Crippen molar-refractivity contribution in [3.8, 4) is 0 Å². The Balaban J connectivity index is 2.19. The van der Waals surface area contributed by atoms with E-state index in [2.05, 4.69) is 30.5 Å². The molecule has 1 aromatic heterocycles. The first-order valence-electron chi connectivity index (χ1n) is 9.00. The highest BCUT2D eigenvalue weighted by atomic mass is 35.5. The molecule has 1 aromatic carbocycles. The number of hydrogen-bond acceptors (Lipinski definition) is 5. The van der Waals surface area contributed by atoms with Crippen LogP contribution in [0.1, 0.15) is 19.5 Å². The Morgan fingerprint density at radius 1 is 1.17 bits per heavy atom. The minimum atomic E-state index is -4.64. The molecule has 0 bridgehead atoms. The summed E-state index contributed by atoms with van der Waals surface area (Å²) < 4.78 is 39.6. The zero-order valence-corrected chi connectivity index (χ0v) is 16.8. The van der Waals surface area contributed by atoms with Crippen molar-refractivity contribution in [2.24, 2.45) is 10.7 Å². The van der Waals surface area contributed by atoms with Crippen LogP contribution in [0.4, 0.5) is 30.6 Å². The fourth-order valence-corrected chi connectivity index (χ4v) is 2.54. The number of aromatic nitrogens is 2. The molecule has 0 aliphatic rings. The number of alkyl halides is 3. The second-order valence-electron chi connectivity index (χ2n) is 6.02. The Morgan fingerprint density at radius 3 is 2.41 bits per heavy atom. The predicted molar refractivity (Wildman–Crippen MR) is 110 cm³/mol. The highest BCUT2D eigenvalue weighted by Crippen LogP contribution is 2.30. The number of hydrogen-bond donors (Lipinski definition) is 3. The topological polar surface area (TPSA) is 91.5 Å². The third-order valence-electron chi connectivity index (χ3n) is 3.97. The van der Waals surface area contributed by atoms with Crippen LogP contribution in [0.15, 0.2) is 35.3 Å². The van der Waals surface area contributed by atoms with Gasteiger partial charge in [-0.25, -0.2) is 4.98 Å². The van der Waals surface area contributed by atoms with Gasteiger partial charge in [-0.05, 0) is 37.4 Å². The third-order valence-corrected chi connectivity index (χ3v) is 4.22. The SMILES string of the molecule is CCN(CC)CCNc1cc(C(F)(F)F)nc(/N=C(\N)Nc2ccc(Cl)cc2)n1. The van der Waals surface area contributed by atoms with E-state index in [0.29, 0.717) is 23.8 Å².